The molecule has 2 atom stereocenters. The Balaban J connectivity index is 2.04. The first-order chi connectivity index (χ1) is 14.6. The Morgan fingerprint density at radius 1 is 1.23 bits per heavy atom. The number of rotatable bonds is 8. The van der Waals surface area contributed by atoms with Gasteiger partial charge in [0.25, 0.3) is 5.91 Å². The first kappa shape index (κ1) is 25.2. The number of amides is 1. The minimum atomic E-state index is -1.21. The van der Waals surface area contributed by atoms with Crippen molar-refractivity contribution in [1.29, 1.82) is 0 Å². The Hall–Kier alpha value is -2.10. The first-order valence-electron chi connectivity index (χ1n) is 9.83. The number of benzene rings is 1. The van der Waals surface area contributed by atoms with Crippen molar-refractivity contribution in [2.45, 2.75) is 45.5 Å². The van der Waals surface area contributed by atoms with Crippen LogP contribution in [0.3, 0.4) is 0 Å². The predicted octanol–water partition coefficient (Wildman–Crippen LogP) is 3.09. The molecule has 1 heterocycles. The van der Waals surface area contributed by atoms with Gasteiger partial charge < -0.3 is 19.4 Å². The molecule has 1 aromatic rings. The van der Waals surface area contributed by atoms with Crippen molar-refractivity contribution in [3.8, 4) is 0 Å². The minimum Gasteiger partial charge on any atom is -0.497 e. The fourth-order valence-electron chi connectivity index (χ4n) is 3.06. The fourth-order valence-corrected chi connectivity index (χ4v) is 3.43. The molecular formula is C20H24BCl2NO7. The van der Waals surface area contributed by atoms with Gasteiger partial charge in [-0.05, 0) is 37.5 Å². The van der Waals surface area contributed by atoms with Gasteiger partial charge in [0.1, 0.15) is 6.61 Å². The second-order valence-corrected chi connectivity index (χ2v) is 8.53. The van der Waals surface area contributed by atoms with Gasteiger partial charge in [-0.2, -0.15) is 0 Å². The summed E-state index contributed by atoms with van der Waals surface area (Å²) in [5, 5.41) is 3.05. The van der Waals surface area contributed by atoms with Gasteiger partial charge in [0, 0.05) is 17.3 Å². The first-order valence-corrected chi connectivity index (χ1v) is 10.6. The number of Topliss-reactive ketones (excluding diaryl/α,β-unsaturated/α-hetero) is 1. The second kappa shape index (κ2) is 11.5. The van der Waals surface area contributed by atoms with E-state index in [9.17, 15) is 19.2 Å². The molecule has 1 N–H and O–H groups in total. The van der Waals surface area contributed by atoms with Crippen LogP contribution in [0.4, 0.5) is 0 Å². The summed E-state index contributed by atoms with van der Waals surface area (Å²) in [7, 11) is -1.21. The third-order valence-corrected chi connectivity index (χ3v) is 5.10. The fraction of sp³-hybridized carbons (Fsp3) is 0.500. The standard InChI is InChI=1S/C20H24BCl2NO7/c1-11(2)6-13(21-30-18(26)10-29-12(3)20(28)31-21)7-15(25)9-24-19(27)16-8-14(22)4-5-17(16)23/h4-5,8,11-13H,6-7,9-10H2,1-3H3,(H,24,27)/t12-,13-/m1/s1. The van der Waals surface area contributed by atoms with E-state index in [-0.39, 0.29) is 41.9 Å². The summed E-state index contributed by atoms with van der Waals surface area (Å²) >= 11 is 11.9. The second-order valence-electron chi connectivity index (χ2n) is 7.69. The predicted molar refractivity (Wildman–Crippen MR) is 115 cm³/mol. The molecule has 2 rings (SSSR count). The number of halogens is 2. The monoisotopic (exact) mass is 471 g/mol. The molecule has 0 aliphatic carbocycles. The van der Waals surface area contributed by atoms with Crippen LogP contribution in [-0.2, 0) is 28.4 Å². The van der Waals surface area contributed by atoms with Crippen LogP contribution in [-0.4, -0.2) is 50.0 Å². The normalized spacial score (nSPS) is 18.0. The summed E-state index contributed by atoms with van der Waals surface area (Å²) in [6.45, 7) is 4.67. The largest absolute Gasteiger partial charge is 0.602 e. The average Bonchev–Trinajstić information content (AvgIpc) is 2.69. The van der Waals surface area contributed by atoms with Crippen LogP contribution < -0.4 is 5.32 Å². The van der Waals surface area contributed by atoms with Crippen molar-refractivity contribution in [3.05, 3.63) is 33.8 Å². The number of carbonyl (C=O) groups excluding carboxylic acids is 4. The van der Waals surface area contributed by atoms with Gasteiger partial charge in [0.2, 0.25) is 0 Å². The van der Waals surface area contributed by atoms with E-state index in [1.807, 2.05) is 13.8 Å². The Morgan fingerprint density at radius 3 is 2.61 bits per heavy atom. The lowest BCUT2D eigenvalue weighted by Crippen LogP contribution is -2.43. The zero-order valence-corrected chi connectivity index (χ0v) is 19.0. The van der Waals surface area contributed by atoms with Crippen molar-refractivity contribution >= 4 is 53.9 Å². The zero-order chi connectivity index (χ0) is 23.1. The van der Waals surface area contributed by atoms with Gasteiger partial charge in [-0.1, -0.05) is 37.0 Å². The summed E-state index contributed by atoms with van der Waals surface area (Å²) in [6, 6.07) is 4.44. The van der Waals surface area contributed by atoms with Gasteiger partial charge in [0.15, 0.2) is 11.9 Å². The summed E-state index contributed by atoms with van der Waals surface area (Å²) in [5.74, 6) is -2.67. The van der Waals surface area contributed by atoms with Crippen LogP contribution in [0, 0.1) is 5.92 Å². The highest BCUT2D eigenvalue weighted by atomic mass is 35.5. The number of hydrogen-bond donors (Lipinski definition) is 1. The molecule has 1 fully saturated rings. The summed E-state index contributed by atoms with van der Waals surface area (Å²) in [6.07, 6.45) is -0.532. The van der Waals surface area contributed by atoms with Crippen molar-refractivity contribution in [1.82, 2.24) is 5.32 Å². The number of hydrogen-bond acceptors (Lipinski definition) is 7. The van der Waals surface area contributed by atoms with E-state index in [0.29, 0.717) is 11.4 Å². The number of nitrogens with one attached hydrogen (secondary N) is 1. The Morgan fingerprint density at radius 2 is 1.94 bits per heavy atom. The Labute approximate surface area is 191 Å². The van der Waals surface area contributed by atoms with E-state index in [1.165, 1.54) is 19.1 Å². The maximum atomic E-state index is 12.6. The topological polar surface area (TPSA) is 108 Å². The summed E-state index contributed by atoms with van der Waals surface area (Å²) in [4.78, 5) is 48.9. The van der Waals surface area contributed by atoms with Gasteiger partial charge in [-0.25, -0.2) is 0 Å². The van der Waals surface area contributed by atoms with Crippen LogP contribution >= 0.6 is 23.2 Å². The van der Waals surface area contributed by atoms with Gasteiger partial charge in [-0.15, -0.1) is 0 Å². The molecule has 0 aromatic heterocycles. The van der Waals surface area contributed by atoms with E-state index in [0.717, 1.165) is 0 Å². The highest BCUT2D eigenvalue weighted by Crippen LogP contribution is 2.28. The molecule has 0 unspecified atom stereocenters. The molecular weight excluding hydrogens is 448 g/mol. The molecule has 168 valence electrons. The molecule has 1 aromatic carbocycles. The van der Waals surface area contributed by atoms with Crippen LogP contribution in [0.25, 0.3) is 0 Å². The third kappa shape index (κ3) is 7.83. The number of ether oxygens (including phenoxy) is 1. The molecule has 0 saturated carbocycles. The quantitative estimate of drug-likeness (QED) is 0.580. The van der Waals surface area contributed by atoms with Crippen molar-refractivity contribution < 1.29 is 33.2 Å². The van der Waals surface area contributed by atoms with E-state index in [4.69, 9.17) is 37.2 Å². The SMILES string of the molecule is CC(C)C[C@H](CC(=O)CNC(=O)c1cc(Cl)ccc1Cl)B1OC(=O)CO[C@H](C)C(=O)O1. The highest BCUT2D eigenvalue weighted by molar-refractivity contribution is 6.51. The molecule has 0 bridgehead atoms. The minimum absolute atomic E-state index is 0.0673. The van der Waals surface area contributed by atoms with E-state index in [1.54, 1.807) is 6.07 Å². The van der Waals surface area contributed by atoms with Gasteiger partial charge in [0.05, 0.1) is 17.1 Å². The van der Waals surface area contributed by atoms with Crippen molar-refractivity contribution in [2.75, 3.05) is 13.2 Å². The molecule has 11 heteroatoms. The van der Waals surface area contributed by atoms with Gasteiger partial charge >= 0.3 is 19.1 Å². The average molecular weight is 472 g/mol. The lowest BCUT2D eigenvalue weighted by atomic mass is 9.65. The smallest absolute Gasteiger partial charge is 0.497 e. The van der Waals surface area contributed by atoms with Crippen molar-refractivity contribution in [2.24, 2.45) is 5.92 Å². The molecule has 1 saturated heterocycles. The maximum Gasteiger partial charge on any atom is 0.602 e. The molecule has 1 amide bonds. The van der Waals surface area contributed by atoms with Crippen molar-refractivity contribution in [3.63, 3.8) is 0 Å². The van der Waals surface area contributed by atoms with E-state index >= 15 is 0 Å². The van der Waals surface area contributed by atoms with E-state index in [2.05, 4.69) is 5.32 Å². The molecule has 1 aliphatic rings. The molecule has 0 radical (unpaired) electrons. The molecule has 31 heavy (non-hydrogen) atoms. The number of carbonyl (C=O) groups is 4. The van der Waals surface area contributed by atoms with Crippen LogP contribution in [0.1, 0.15) is 44.0 Å². The third-order valence-electron chi connectivity index (χ3n) is 4.53. The molecule has 0 spiro atoms. The van der Waals surface area contributed by atoms with Crippen LogP contribution in [0.2, 0.25) is 15.9 Å². The lowest BCUT2D eigenvalue weighted by molar-refractivity contribution is -0.160. The van der Waals surface area contributed by atoms with Crippen LogP contribution in [0.15, 0.2) is 18.2 Å². The van der Waals surface area contributed by atoms with Gasteiger partial charge in [-0.3, -0.25) is 19.2 Å². The zero-order valence-electron chi connectivity index (χ0n) is 17.5. The number of ketones is 1. The van der Waals surface area contributed by atoms with E-state index < -0.39 is 36.9 Å². The maximum absolute atomic E-state index is 12.6. The lowest BCUT2D eigenvalue weighted by Gasteiger charge is -2.27. The summed E-state index contributed by atoms with van der Waals surface area (Å²) < 4.78 is 15.5. The highest BCUT2D eigenvalue weighted by Gasteiger charge is 2.41. The Bertz CT molecular complexity index is 849. The molecule has 1 aliphatic heterocycles. The molecule has 8 nitrogen and oxygen atoms in total. The Kier molecular flexibility index (Phi) is 9.34. The van der Waals surface area contributed by atoms with Crippen LogP contribution in [0.5, 0.6) is 0 Å². The summed E-state index contributed by atoms with van der Waals surface area (Å²) in [5.41, 5.74) is 0.151.